The Morgan fingerprint density at radius 1 is 1.54 bits per heavy atom. The van der Waals surface area contributed by atoms with Gasteiger partial charge in [-0.3, -0.25) is 9.58 Å². The lowest BCUT2D eigenvalue weighted by Crippen LogP contribution is -2.16. The second-order valence-corrected chi connectivity index (χ2v) is 3.39. The van der Waals surface area contributed by atoms with Crippen LogP contribution in [-0.2, 0) is 19.6 Å². The van der Waals surface area contributed by atoms with Crippen LogP contribution in [0.25, 0.3) is 0 Å². The Balaban J connectivity index is 2.09. The van der Waals surface area contributed by atoms with Crippen LogP contribution in [0.3, 0.4) is 0 Å². The van der Waals surface area contributed by atoms with E-state index < -0.39 is 0 Å². The highest BCUT2D eigenvalue weighted by Gasteiger charge is 2.20. The molecule has 0 aliphatic carbocycles. The maximum atomic E-state index is 8.74. The van der Waals surface area contributed by atoms with Crippen LogP contribution in [0.15, 0.2) is 6.20 Å². The van der Waals surface area contributed by atoms with E-state index in [1.807, 2.05) is 10.9 Å². The maximum Gasteiger partial charge on any atom is 0.0809 e. The Labute approximate surface area is 77.8 Å². The van der Waals surface area contributed by atoms with Gasteiger partial charge < -0.3 is 5.11 Å². The number of aliphatic hydroxyl groups excluding tert-OH is 1. The summed E-state index contributed by atoms with van der Waals surface area (Å²) in [5.41, 5.74) is 2.49. The summed E-state index contributed by atoms with van der Waals surface area (Å²) in [5, 5.41) is 13.1. The second-order valence-electron chi connectivity index (χ2n) is 3.39. The Morgan fingerprint density at radius 2 is 2.38 bits per heavy atom. The lowest BCUT2D eigenvalue weighted by molar-refractivity contribution is 0.264. The molecule has 4 nitrogen and oxygen atoms in total. The van der Waals surface area contributed by atoms with Crippen LogP contribution in [0, 0.1) is 0 Å². The van der Waals surface area contributed by atoms with Crippen LogP contribution in [0.5, 0.6) is 0 Å². The van der Waals surface area contributed by atoms with Crippen molar-refractivity contribution >= 4 is 0 Å². The number of fused-ring (bicyclic) bond motifs is 1. The van der Waals surface area contributed by atoms with E-state index in [0.717, 1.165) is 19.6 Å². The van der Waals surface area contributed by atoms with Crippen molar-refractivity contribution in [3.05, 3.63) is 17.5 Å². The minimum Gasteiger partial charge on any atom is -0.394 e. The molecule has 1 aliphatic heterocycles. The molecule has 0 amide bonds. The molecule has 0 aromatic carbocycles. The van der Waals surface area contributed by atoms with E-state index in [9.17, 15) is 0 Å². The fourth-order valence-corrected chi connectivity index (χ4v) is 1.72. The Hall–Kier alpha value is -0.870. The second kappa shape index (κ2) is 3.47. The molecule has 0 saturated heterocycles. The predicted molar refractivity (Wildman–Crippen MR) is 49.1 cm³/mol. The van der Waals surface area contributed by atoms with Crippen molar-refractivity contribution in [3.63, 3.8) is 0 Å². The third-order valence-corrected chi connectivity index (χ3v) is 2.47. The summed E-state index contributed by atoms with van der Waals surface area (Å²) in [6.45, 7) is 5.99. The van der Waals surface area contributed by atoms with Crippen molar-refractivity contribution in [1.82, 2.24) is 14.7 Å². The summed E-state index contributed by atoms with van der Waals surface area (Å²) >= 11 is 0. The molecule has 0 atom stereocenters. The van der Waals surface area contributed by atoms with Gasteiger partial charge in [-0.2, -0.15) is 5.10 Å². The number of nitrogens with zero attached hydrogens (tertiary/aromatic N) is 3. The molecule has 13 heavy (non-hydrogen) atoms. The minimum absolute atomic E-state index is 0.165. The van der Waals surface area contributed by atoms with Crippen molar-refractivity contribution in [2.24, 2.45) is 0 Å². The van der Waals surface area contributed by atoms with Crippen LogP contribution in [-0.4, -0.2) is 32.9 Å². The summed E-state index contributed by atoms with van der Waals surface area (Å²) in [7, 11) is 0. The van der Waals surface area contributed by atoms with E-state index in [2.05, 4.69) is 16.9 Å². The summed E-state index contributed by atoms with van der Waals surface area (Å²) < 4.78 is 1.83. The van der Waals surface area contributed by atoms with Gasteiger partial charge in [0, 0.05) is 24.8 Å². The highest BCUT2D eigenvalue weighted by atomic mass is 16.3. The zero-order valence-electron chi connectivity index (χ0n) is 7.90. The number of rotatable bonds is 3. The average Bonchev–Trinajstić information content (AvgIpc) is 2.61. The topological polar surface area (TPSA) is 41.3 Å². The SMILES string of the molecule is CCN1Cc2cn(CCO)nc2C1. The zero-order chi connectivity index (χ0) is 9.26. The van der Waals surface area contributed by atoms with Crippen LogP contribution >= 0.6 is 0 Å². The molecule has 4 heteroatoms. The van der Waals surface area contributed by atoms with Gasteiger partial charge in [-0.15, -0.1) is 0 Å². The van der Waals surface area contributed by atoms with E-state index in [1.54, 1.807) is 0 Å². The van der Waals surface area contributed by atoms with Crippen molar-refractivity contribution in [2.75, 3.05) is 13.2 Å². The van der Waals surface area contributed by atoms with Gasteiger partial charge in [-0.25, -0.2) is 0 Å². The number of hydrogen-bond acceptors (Lipinski definition) is 3. The fourth-order valence-electron chi connectivity index (χ4n) is 1.72. The standard InChI is InChI=1S/C9H15N3O/c1-2-11-5-8-6-12(3-4-13)10-9(8)7-11/h6,13H,2-5,7H2,1H3. The molecule has 0 fully saturated rings. The zero-order valence-corrected chi connectivity index (χ0v) is 7.90. The van der Waals surface area contributed by atoms with Gasteiger partial charge >= 0.3 is 0 Å². The van der Waals surface area contributed by atoms with Crippen molar-refractivity contribution in [2.45, 2.75) is 26.6 Å². The van der Waals surface area contributed by atoms with Gasteiger partial charge in [0.25, 0.3) is 0 Å². The summed E-state index contributed by atoms with van der Waals surface area (Å²) in [5.74, 6) is 0. The van der Waals surface area contributed by atoms with Crippen molar-refractivity contribution in [3.8, 4) is 0 Å². The lowest BCUT2D eigenvalue weighted by Gasteiger charge is -2.10. The van der Waals surface area contributed by atoms with Gasteiger partial charge in [-0.1, -0.05) is 6.92 Å². The molecule has 1 aliphatic rings. The molecule has 72 valence electrons. The quantitative estimate of drug-likeness (QED) is 0.724. The summed E-state index contributed by atoms with van der Waals surface area (Å²) in [6.07, 6.45) is 2.04. The molecule has 0 bridgehead atoms. The molecule has 0 radical (unpaired) electrons. The van der Waals surface area contributed by atoms with Crippen LogP contribution in [0.2, 0.25) is 0 Å². The normalized spacial score (nSPS) is 16.5. The summed E-state index contributed by atoms with van der Waals surface area (Å²) in [6, 6.07) is 0. The van der Waals surface area contributed by atoms with Crippen LogP contribution in [0.4, 0.5) is 0 Å². The van der Waals surface area contributed by atoms with E-state index in [-0.39, 0.29) is 6.61 Å². The third-order valence-electron chi connectivity index (χ3n) is 2.47. The molecule has 1 aromatic rings. The fraction of sp³-hybridized carbons (Fsp3) is 0.667. The third kappa shape index (κ3) is 1.59. The van der Waals surface area contributed by atoms with Gasteiger partial charge in [0.1, 0.15) is 0 Å². The summed E-state index contributed by atoms with van der Waals surface area (Å²) in [4.78, 5) is 2.35. The first-order valence-corrected chi connectivity index (χ1v) is 4.72. The van der Waals surface area contributed by atoms with E-state index in [1.165, 1.54) is 11.3 Å². The van der Waals surface area contributed by atoms with Gasteiger partial charge in [0.15, 0.2) is 0 Å². The molecule has 1 N–H and O–H groups in total. The highest BCUT2D eigenvalue weighted by Crippen LogP contribution is 2.20. The molecule has 2 rings (SSSR count). The first-order chi connectivity index (χ1) is 6.33. The predicted octanol–water partition coefficient (Wildman–Crippen LogP) is 0.211. The smallest absolute Gasteiger partial charge is 0.0809 e. The van der Waals surface area contributed by atoms with Crippen molar-refractivity contribution < 1.29 is 5.11 Å². The van der Waals surface area contributed by atoms with E-state index in [4.69, 9.17) is 5.11 Å². The highest BCUT2D eigenvalue weighted by molar-refractivity contribution is 5.21. The van der Waals surface area contributed by atoms with Crippen molar-refractivity contribution in [1.29, 1.82) is 0 Å². The van der Waals surface area contributed by atoms with Crippen LogP contribution in [0.1, 0.15) is 18.2 Å². The number of aromatic nitrogens is 2. The molecular weight excluding hydrogens is 166 g/mol. The van der Waals surface area contributed by atoms with E-state index >= 15 is 0 Å². The Bertz CT molecular complexity index is 272. The molecular formula is C9H15N3O. The maximum absolute atomic E-state index is 8.74. The molecule has 1 aromatic heterocycles. The van der Waals surface area contributed by atoms with Gasteiger partial charge in [0.2, 0.25) is 0 Å². The first kappa shape index (κ1) is 8.72. The first-order valence-electron chi connectivity index (χ1n) is 4.72. The minimum atomic E-state index is 0.165. The Kier molecular flexibility index (Phi) is 2.33. The van der Waals surface area contributed by atoms with E-state index in [0.29, 0.717) is 6.54 Å². The van der Waals surface area contributed by atoms with Gasteiger partial charge in [0.05, 0.1) is 18.8 Å². The average molecular weight is 181 g/mol. The molecule has 0 spiro atoms. The lowest BCUT2D eigenvalue weighted by atomic mass is 10.3. The molecule has 2 heterocycles. The molecule has 0 saturated carbocycles. The van der Waals surface area contributed by atoms with Crippen LogP contribution < -0.4 is 0 Å². The number of aliphatic hydroxyl groups is 1. The Morgan fingerprint density at radius 3 is 3.00 bits per heavy atom. The molecule has 0 unspecified atom stereocenters. The monoisotopic (exact) mass is 181 g/mol. The largest absolute Gasteiger partial charge is 0.394 e. The van der Waals surface area contributed by atoms with Gasteiger partial charge in [-0.05, 0) is 6.54 Å². The number of hydrogen-bond donors (Lipinski definition) is 1.